The van der Waals surface area contributed by atoms with Gasteiger partial charge in [0, 0.05) is 34.3 Å². The van der Waals surface area contributed by atoms with Crippen LogP contribution in [0.4, 0.5) is 5.69 Å². The Balaban J connectivity index is 1.44. The summed E-state index contributed by atoms with van der Waals surface area (Å²) in [7, 11) is 0. The van der Waals surface area contributed by atoms with Gasteiger partial charge in [0.25, 0.3) is 5.91 Å². The number of benzene rings is 2. The molecule has 1 aliphatic rings. The lowest BCUT2D eigenvalue weighted by Gasteiger charge is -2.09. The summed E-state index contributed by atoms with van der Waals surface area (Å²) in [5, 5.41) is 13.2. The molecule has 2 aromatic carbocycles. The molecule has 7 heteroatoms. The summed E-state index contributed by atoms with van der Waals surface area (Å²) >= 11 is 7.86. The molecule has 1 aliphatic heterocycles. The fourth-order valence-electron chi connectivity index (χ4n) is 3.78. The fraction of sp³-hybridized carbons (Fsp3) is 0.227. The van der Waals surface area contributed by atoms with Crippen LogP contribution in [-0.2, 0) is 13.0 Å². The van der Waals surface area contributed by atoms with Gasteiger partial charge in [0.2, 0.25) is 0 Å². The van der Waals surface area contributed by atoms with Crippen molar-refractivity contribution in [3.05, 3.63) is 64.3 Å². The average Bonchev–Trinajstić information content (AvgIpc) is 3.21. The largest absolute Gasteiger partial charge is 0.321 e. The molecule has 0 fully saturated rings. The summed E-state index contributed by atoms with van der Waals surface area (Å²) in [6, 6.07) is 15.5. The van der Waals surface area contributed by atoms with Gasteiger partial charge >= 0.3 is 0 Å². The van der Waals surface area contributed by atoms with E-state index in [1.54, 1.807) is 0 Å². The van der Waals surface area contributed by atoms with Crippen LogP contribution < -0.4 is 5.32 Å². The third kappa shape index (κ3) is 3.43. The van der Waals surface area contributed by atoms with Crippen LogP contribution in [0.15, 0.2) is 48.5 Å². The third-order valence-corrected chi connectivity index (χ3v) is 6.90. The van der Waals surface area contributed by atoms with Crippen LogP contribution in [0.25, 0.3) is 21.5 Å². The van der Waals surface area contributed by atoms with Crippen molar-refractivity contribution >= 4 is 44.6 Å². The number of thiophene rings is 1. The van der Waals surface area contributed by atoms with Crippen molar-refractivity contribution in [2.45, 2.75) is 32.2 Å². The average molecular weight is 423 g/mol. The molecule has 29 heavy (non-hydrogen) atoms. The van der Waals surface area contributed by atoms with Crippen molar-refractivity contribution < 1.29 is 4.79 Å². The first-order chi connectivity index (χ1) is 14.2. The molecule has 0 radical (unpaired) electrons. The van der Waals surface area contributed by atoms with Crippen LogP contribution in [0.3, 0.4) is 0 Å². The van der Waals surface area contributed by atoms with Crippen LogP contribution in [0.1, 0.15) is 34.8 Å². The highest BCUT2D eigenvalue weighted by molar-refractivity contribution is 7.21. The highest BCUT2D eigenvalue weighted by atomic mass is 35.5. The van der Waals surface area contributed by atoms with Crippen molar-refractivity contribution in [1.29, 1.82) is 0 Å². The Kier molecular flexibility index (Phi) is 4.81. The molecule has 3 heterocycles. The Morgan fingerprint density at radius 1 is 1.07 bits per heavy atom. The molecule has 0 saturated heterocycles. The maximum atomic E-state index is 12.9. The van der Waals surface area contributed by atoms with Gasteiger partial charge in [-0.05, 0) is 31.0 Å². The number of carbonyl (C=O) groups excluding carboxylic acids is 1. The number of carbonyl (C=O) groups is 1. The van der Waals surface area contributed by atoms with E-state index in [2.05, 4.69) is 20.1 Å². The third-order valence-electron chi connectivity index (χ3n) is 5.23. The maximum absolute atomic E-state index is 12.9. The van der Waals surface area contributed by atoms with E-state index >= 15 is 0 Å². The molecule has 5 rings (SSSR count). The molecule has 0 unspecified atom stereocenters. The second-order valence-corrected chi connectivity index (χ2v) is 8.61. The van der Waals surface area contributed by atoms with E-state index in [0.717, 1.165) is 53.1 Å². The van der Waals surface area contributed by atoms with Crippen LogP contribution in [-0.4, -0.2) is 20.7 Å². The number of aryl methyl sites for hydroxylation is 1. The number of aromatic nitrogens is 3. The number of hydrogen-bond acceptors (Lipinski definition) is 4. The molecule has 1 N–H and O–H groups in total. The predicted octanol–water partition coefficient (Wildman–Crippen LogP) is 5.79. The van der Waals surface area contributed by atoms with Gasteiger partial charge < -0.3 is 9.88 Å². The molecule has 146 valence electrons. The molecule has 0 bridgehead atoms. The molecule has 0 spiro atoms. The van der Waals surface area contributed by atoms with E-state index in [4.69, 9.17) is 11.6 Å². The molecule has 0 atom stereocenters. The lowest BCUT2D eigenvalue weighted by molar-refractivity contribution is 0.103. The highest BCUT2D eigenvalue weighted by Gasteiger charge is 2.19. The maximum Gasteiger partial charge on any atom is 0.267 e. The lowest BCUT2D eigenvalue weighted by atomic mass is 10.2. The molecule has 5 nitrogen and oxygen atoms in total. The summed E-state index contributed by atoms with van der Waals surface area (Å²) in [5.74, 6) is 1.70. The molecule has 1 amide bonds. The molecule has 0 aliphatic carbocycles. The molecule has 0 saturated carbocycles. The van der Waals surface area contributed by atoms with Crippen LogP contribution in [0, 0.1) is 0 Å². The van der Waals surface area contributed by atoms with E-state index < -0.39 is 0 Å². The van der Waals surface area contributed by atoms with Crippen LogP contribution >= 0.6 is 22.9 Å². The molecule has 4 aromatic rings. The second kappa shape index (κ2) is 7.61. The van der Waals surface area contributed by atoms with Crippen molar-refractivity contribution in [1.82, 2.24) is 14.8 Å². The standard InChI is InChI=1S/C22H19ClN4OS/c23-19-16-9-3-4-10-17(16)29-20(19)22(28)24-15-8-6-7-14(13-15)21-26-25-18-11-2-1-5-12-27(18)21/h3-4,6-10,13H,1-2,5,11-12H2,(H,24,28). The van der Waals surface area contributed by atoms with Gasteiger partial charge in [-0.15, -0.1) is 21.5 Å². The van der Waals surface area contributed by atoms with Crippen molar-refractivity contribution in [3.8, 4) is 11.4 Å². The van der Waals surface area contributed by atoms with Gasteiger partial charge in [-0.2, -0.15) is 0 Å². The topological polar surface area (TPSA) is 59.8 Å². The van der Waals surface area contributed by atoms with Gasteiger partial charge in [-0.25, -0.2) is 0 Å². The van der Waals surface area contributed by atoms with Gasteiger partial charge in [0.15, 0.2) is 5.82 Å². The second-order valence-electron chi connectivity index (χ2n) is 7.18. The van der Waals surface area contributed by atoms with Gasteiger partial charge in [-0.1, -0.05) is 48.4 Å². The zero-order chi connectivity index (χ0) is 19.8. The normalized spacial score (nSPS) is 13.8. The first-order valence-electron chi connectivity index (χ1n) is 9.71. The number of rotatable bonds is 3. The highest BCUT2D eigenvalue weighted by Crippen LogP contribution is 2.35. The number of nitrogens with one attached hydrogen (secondary N) is 1. The number of halogens is 1. The van der Waals surface area contributed by atoms with Gasteiger partial charge in [0.1, 0.15) is 10.7 Å². The van der Waals surface area contributed by atoms with E-state index in [1.807, 2.05) is 48.5 Å². The summed E-state index contributed by atoms with van der Waals surface area (Å²) in [6.45, 7) is 0.936. The smallest absolute Gasteiger partial charge is 0.267 e. The van der Waals surface area contributed by atoms with Crippen molar-refractivity contribution in [2.24, 2.45) is 0 Å². The van der Waals surface area contributed by atoms with Gasteiger partial charge in [0.05, 0.1) is 5.02 Å². The van der Waals surface area contributed by atoms with Crippen molar-refractivity contribution in [3.63, 3.8) is 0 Å². The minimum atomic E-state index is -0.201. The Morgan fingerprint density at radius 2 is 1.97 bits per heavy atom. The SMILES string of the molecule is O=C(Nc1cccc(-c2nnc3n2CCCCC3)c1)c1sc2ccccc2c1Cl. The van der Waals surface area contributed by atoms with Crippen LogP contribution in [0.2, 0.25) is 5.02 Å². The Labute approximate surface area is 177 Å². The first kappa shape index (κ1) is 18.3. The monoisotopic (exact) mass is 422 g/mol. The number of anilines is 1. The molecule has 2 aromatic heterocycles. The Morgan fingerprint density at radius 3 is 2.86 bits per heavy atom. The number of hydrogen-bond donors (Lipinski definition) is 1. The minimum Gasteiger partial charge on any atom is -0.321 e. The van der Waals surface area contributed by atoms with E-state index in [9.17, 15) is 4.79 Å². The molecular formula is C22H19ClN4OS. The van der Waals surface area contributed by atoms with E-state index in [-0.39, 0.29) is 5.91 Å². The molecular weight excluding hydrogens is 404 g/mol. The Bertz CT molecular complexity index is 1210. The van der Waals surface area contributed by atoms with Crippen molar-refractivity contribution in [2.75, 3.05) is 5.32 Å². The number of nitrogens with zero attached hydrogens (tertiary/aromatic N) is 3. The fourth-order valence-corrected chi connectivity index (χ4v) is 5.19. The first-order valence-corrected chi connectivity index (χ1v) is 10.9. The minimum absolute atomic E-state index is 0.201. The zero-order valence-corrected chi connectivity index (χ0v) is 17.3. The van der Waals surface area contributed by atoms with Crippen LogP contribution in [0.5, 0.6) is 0 Å². The van der Waals surface area contributed by atoms with Gasteiger partial charge in [-0.3, -0.25) is 4.79 Å². The number of amides is 1. The Hall–Kier alpha value is -2.70. The predicted molar refractivity (Wildman–Crippen MR) is 118 cm³/mol. The van der Waals surface area contributed by atoms with E-state index in [0.29, 0.717) is 15.6 Å². The quantitative estimate of drug-likeness (QED) is 0.454. The van der Waals surface area contributed by atoms with E-state index in [1.165, 1.54) is 17.8 Å². The zero-order valence-electron chi connectivity index (χ0n) is 15.7. The summed E-state index contributed by atoms with van der Waals surface area (Å²) in [4.78, 5) is 13.4. The summed E-state index contributed by atoms with van der Waals surface area (Å²) in [6.07, 6.45) is 4.48. The lowest BCUT2D eigenvalue weighted by Crippen LogP contribution is -2.10. The summed E-state index contributed by atoms with van der Waals surface area (Å²) in [5.41, 5.74) is 1.66. The number of fused-ring (bicyclic) bond motifs is 2. The summed E-state index contributed by atoms with van der Waals surface area (Å²) < 4.78 is 3.21.